The highest BCUT2D eigenvalue weighted by Gasteiger charge is 2.12. The van der Waals surface area contributed by atoms with Crippen LogP contribution in [0.4, 0.5) is 11.4 Å². The van der Waals surface area contributed by atoms with E-state index < -0.39 is 23.4 Å². The number of hydrogen-bond acceptors (Lipinski definition) is 5. The van der Waals surface area contributed by atoms with Gasteiger partial charge in [0.2, 0.25) is 0 Å². The summed E-state index contributed by atoms with van der Waals surface area (Å²) < 4.78 is 4.81. The third-order valence-electron chi connectivity index (χ3n) is 3.06. The van der Waals surface area contributed by atoms with Crippen LogP contribution < -0.4 is 5.32 Å². The molecular weight excluding hydrogens is 383 g/mol. The highest BCUT2D eigenvalue weighted by atomic mass is 35.5. The van der Waals surface area contributed by atoms with E-state index in [4.69, 9.17) is 27.9 Å². The number of amides is 1. The predicted molar refractivity (Wildman–Crippen MR) is 98.2 cm³/mol. The monoisotopic (exact) mass is 394 g/mol. The van der Waals surface area contributed by atoms with Crippen LogP contribution in [-0.2, 0) is 14.3 Å². The van der Waals surface area contributed by atoms with Crippen LogP contribution >= 0.6 is 23.2 Å². The molecule has 2 rings (SSSR count). The van der Waals surface area contributed by atoms with E-state index in [2.05, 4.69) is 5.32 Å². The second-order valence-corrected chi connectivity index (χ2v) is 5.81. The molecule has 0 aliphatic rings. The number of rotatable bonds is 6. The molecule has 26 heavy (non-hydrogen) atoms. The molecule has 0 fully saturated rings. The number of carbonyl (C=O) groups is 2. The van der Waals surface area contributed by atoms with Gasteiger partial charge in [0.25, 0.3) is 11.6 Å². The molecule has 1 amide bonds. The predicted octanol–water partition coefficient (Wildman–Crippen LogP) is 4.10. The molecule has 7 nitrogen and oxygen atoms in total. The van der Waals surface area contributed by atoms with Crippen LogP contribution in [0, 0.1) is 10.1 Å². The van der Waals surface area contributed by atoms with Crippen molar-refractivity contribution in [1.82, 2.24) is 0 Å². The Morgan fingerprint density at radius 1 is 1.15 bits per heavy atom. The number of halogens is 2. The lowest BCUT2D eigenvalue weighted by atomic mass is 10.2. The van der Waals surface area contributed by atoms with E-state index >= 15 is 0 Å². The number of ether oxygens (including phenoxy) is 1. The van der Waals surface area contributed by atoms with Gasteiger partial charge in [0, 0.05) is 23.2 Å². The number of anilines is 1. The Bertz CT molecular complexity index is 866. The van der Waals surface area contributed by atoms with Crippen LogP contribution in [0.1, 0.15) is 5.56 Å². The van der Waals surface area contributed by atoms with Crippen LogP contribution in [-0.4, -0.2) is 23.4 Å². The molecule has 0 atom stereocenters. The summed E-state index contributed by atoms with van der Waals surface area (Å²) in [7, 11) is 0. The molecule has 0 heterocycles. The third-order valence-corrected chi connectivity index (χ3v) is 3.63. The van der Waals surface area contributed by atoms with Gasteiger partial charge in [-0.2, -0.15) is 0 Å². The van der Waals surface area contributed by atoms with Crippen LogP contribution in [0.3, 0.4) is 0 Å². The fraction of sp³-hybridized carbons (Fsp3) is 0.0588. The summed E-state index contributed by atoms with van der Waals surface area (Å²) in [6, 6.07) is 10.4. The quantitative estimate of drug-likeness (QED) is 0.344. The first kappa shape index (κ1) is 19.4. The Hall–Kier alpha value is -2.90. The lowest BCUT2D eigenvalue weighted by Crippen LogP contribution is -2.20. The summed E-state index contributed by atoms with van der Waals surface area (Å²) >= 11 is 11.6. The zero-order chi connectivity index (χ0) is 19.1. The van der Waals surface area contributed by atoms with Crippen molar-refractivity contribution >= 4 is 52.5 Å². The van der Waals surface area contributed by atoms with Gasteiger partial charge < -0.3 is 10.1 Å². The molecule has 0 spiro atoms. The first-order chi connectivity index (χ1) is 12.3. The van der Waals surface area contributed by atoms with Crippen molar-refractivity contribution in [3.05, 3.63) is 74.3 Å². The van der Waals surface area contributed by atoms with Crippen molar-refractivity contribution in [2.75, 3.05) is 11.9 Å². The standard InChI is InChI=1S/C17H12Cl2N2O5/c18-12-4-1-11(2-5-12)3-8-17(23)26-10-16(22)20-15-7-6-13(21(24)25)9-14(15)19/h1-9H,10H2,(H,20,22)/b8-3+. The third kappa shape index (κ3) is 5.87. The van der Waals surface area contributed by atoms with Gasteiger partial charge in [0.15, 0.2) is 6.61 Å². The molecule has 0 aliphatic carbocycles. The lowest BCUT2D eigenvalue weighted by molar-refractivity contribution is -0.384. The molecule has 0 saturated carbocycles. The Labute approximate surface area is 158 Å². The van der Waals surface area contributed by atoms with Gasteiger partial charge in [-0.05, 0) is 29.8 Å². The molecule has 0 aliphatic heterocycles. The zero-order valence-corrected chi connectivity index (χ0v) is 14.7. The summed E-state index contributed by atoms with van der Waals surface area (Å²) in [5.74, 6) is -1.33. The van der Waals surface area contributed by atoms with Gasteiger partial charge in [0.05, 0.1) is 15.6 Å². The smallest absolute Gasteiger partial charge is 0.331 e. The molecule has 2 aromatic rings. The van der Waals surface area contributed by atoms with Crippen LogP contribution in [0.15, 0.2) is 48.5 Å². The van der Waals surface area contributed by atoms with Gasteiger partial charge in [0.1, 0.15) is 0 Å². The first-order valence-electron chi connectivity index (χ1n) is 7.19. The van der Waals surface area contributed by atoms with Gasteiger partial charge in [-0.25, -0.2) is 4.79 Å². The van der Waals surface area contributed by atoms with Gasteiger partial charge >= 0.3 is 5.97 Å². The van der Waals surface area contributed by atoms with Gasteiger partial charge in [-0.3, -0.25) is 14.9 Å². The number of esters is 1. The Kier molecular flexibility index (Phi) is 6.71. The average Bonchev–Trinajstić information content (AvgIpc) is 2.61. The number of non-ortho nitro benzene ring substituents is 1. The number of nitro groups is 1. The van der Waals surface area contributed by atoms with Gasteiger partial charge in [-0.15, -0.1) is 0 Å². The molecule has 0 aromatic heterocycles. The topological polar surface area (TPSA) is 98.5 Å². The number of nitrogens with one attached hydrogen (secondary N) is 1. The Morgan fingerprint density at radius 2 is 1.85 bits per heavy atom. The van der Waals surface area contributed by atoms with E-state index in [1.807, 2.05) is 0 Å². The number of hydrogen-bond donors (Lipinski definition) is 1. The summed E-state index contributed by atoms with van der Waals surface area (Å²) in [4.78, 5) is 33.4. The molecular formula is C17H12Cl2N2O5. The summed E-state index contributed by atoms with van der Waals surface area (Å²) in [6.45, 7) is -0.531. The minimum atomic E-state index is -0.704. The molecule has 0 radical (unpaired) electrons. The van der Waals surface area contributed by atoms with E-state index in [1.54, 1.807) is 24.3 Å². The van der Waals surface area contributed by atoms with E-state index in [0.29, 0.717) is 5.02 Å². The molecule has 9 heteroatoms. The number of benzene rings is 2. The molecule has 0 bridgehead atoms. The van der Waals surface area contributed by atoms with E-state index in [-0.39, 0.29) is 16.4 Å². The minimum Gasteiger partial charge on any atom is -0.452 e. The maximum absolute atomic E-state index is 11.8. The van der Waals surface area contributed by atoms with Gasteiger partial charge in [-0.1, -0.05) is 35.3 Å². The fourth-order valence-corrected chi connectivity index (χ4v) is 2.18. The normalized spacial score (nSPS) is 10.5. The largest absolute Gasteiger partial charge is 0.452 e. The molecule has 0 saturated heterocycles. The minimum absolute atomic E-state index is 0.00140. The van der Waals surface area contributed by atoms with Crippen molar-refractivity contribution in [3.63, 3.8) is 0 Å². The highest BCUT2D eigenvalue weighted by molar-refractivity contribution is 6.34. The van der Waals surface area contributed by atoms with Crippen molar-refractivity contribution in [2.45, 2.75) is 0 Å². The van der Waals surface area contributed by atoms with E-state index in [0.717, 1.165) is 11.6 Å². The van der Waals surface area contributed by atoms with E-state index in [1.165, 1.54) is 24.3 Å². The number of nitrogens with zero attached hydrogens (tertiary/aromatic N) is 1. The summed E-state index contributed by atoms with van der Waals surface area (Å²) in [5.41, 5.74) is 0.718. The SMILES string of the molecule is O=C(COC(=O)/C=C/c1ccc(Cl)cc1)Nc1ccc([N+](=O)[O-])cc1Cl. The second kappa shape index (κ2) is 8.98. The van der Waals surface area contributed by atoms with Crippen molar-refractivity contribution in [2.24, 2.45) is 0 Å². The molecule has 0 unspecified atom stereocenters. The molecule has 1 N–H and O–H groups in total. The average molecular weight is 395 g/mol. The van der Waals surface area contributed by atoms with Crippen LogP contribution in [0.5, 0.6) is 0 Å². The van der Waals surface area contributed by atoms with Crippen LogP contribution in [0.2, 0.25) is 10.0 Å². The van der Waals surface area contributed by atoms with Crippen molar-refractivity contribution < 1.29 is 19.2 Å². The Balaban J connectivity index is 1.85. The second-order valence-electron chi connectivity index (χ2n) is 4.96. The summed E-state index contributed by atoms with van der Waals surface area (Å²) in [6.07, 6.45) is 2.69. The number of nitro benzene ring substituents is 1. The van der Waals surface area contributed by atoms with Crippen molar-refractivity contribution in [1.29, 1.82) is 0 Å². The maximum Gasteiger partial charge on any atom is 0.331 e. The van der Waals surface area contributed by atoms with Crippen molar-refractivity contribution in [3.8, 4) is 0 Å². The Morgan fingerprint density at radius 3 is 2.46 bits per heavy atom. The maximum atomic E-state index is 11.8. The highest BCUT2D eigenvalue weighted by Crippen LogP contribution is 2.26. The lowest BCUT2D eigenvalue weighted by Gasteiger charge is -2.07. The van der Waals surface area contributed by atoms with E-state index in [9.17, 15) is 19.7 Å². The number of carbonyl (C=O) groups excluding carboxylic acids is 2. The fourth-order valence-electron chi connectivity index (χ4n) is 1.83. The van der Waals surface area contributed by atoms with Crippen LogP contribution in [0.25, 0.3) is 6.08 Å². The molecule has 2 aromatic carbocycles. The zero-order valence-electron chi connectivity index (χ0n) is 13.1. The summed E-state index contributed by atoms with van der Waals surface area (Å²) in [5, 5.41) is 13.6. The molecule has 134 valence electrons. The first-order valence-corrected chi connectivity index (χ1v) is 7.95.